The summed E-state index contributed by atoms with van der Waals surface area (Å²) in [6, 6.07) is 8.25. The van der Waals surface area contributed by atoms with Gasteiger partial charge in [-0.25, -0.2) is 4.39 Å². The normalized spacial score (nSPS) is 16.1. The number of thioether (sulfide) groups is 1. The van der Waals surface area contributed by atoms with Gasteiger partial charge in [-0.1, -0.05) is 0 Å². The molecule has 0 aliphatic carbocycles. The molecule has 6 nitrogen and oxygen atoms in total. The molecule has 0 spiro atoms. The lowest BCUT2D eigenvalue weighted by atomic mass is 10.0. The van der Waals surface area contributed by atoms with Gasteiger partial charge in [0.25, 0.3) is 0 Å². The molecule has 2 aliphatic rings. The van der Waals surface area contributed by atoms with Crippen LogP contribution in [-0.4, -0.2) is 60.0 Å². The van der Waals surface area contributed by atoms with Crippen LogP contribution in [0.15, 0.2) is 41.6 Å². The Kier molecular flexibility index (Phi) is 10.2. The summed E-state index contributed by atoms with van der Waals surface area (Å²) >= 11 is 1.83. The van der Waals surface area contributed by atoms with Crippen molar-refractivity contribution in [2.45, 2.75) is 36.7 Å². The number of rotatable bonds is 7. The standard InChI is InChI=1S/C25H29FN4O2S.2ClH/c1-31-19-2-3-23-21(13-19)20(22(26)15-29-23)6-9-30-7-4-17(5-8-30)27-14-18-12-25-24(16-28-18)32-10-11-33-25;;/h2-3,12-13,15-17,27H,4-11,14H2,1H3;2*1H. The highest BCUT2D eigenvalue weighted by Crippen LogP contribution is 2.32. The van der Waals surface area contributed by atoms with Gasteiger partial charge in [0, 0.05) is 35.8 Å². The van der Waals surface area contributed by atoms with Crippen molar-refractivity contribution in [2.75, 3.05) is 39.1 Å². The van der Waals surface area contributed by atoms with E-state index in [1.54, 1.807) is 7.11 Å². The third kappa shape index (κ3) is 6.68. The molecule has 0 bridgehead atoms. The van der Waals surface area contributed by atoms with Gasteiger partial charge in [0.05, 0.1) is 42.2 Å². The van der Waals surface area contributed by atoms with E-state index < -0.39 is 0 Å². The summed E-state index contributed by atoms with van der Waals surface area (Å²) in [4.78, 5) is 12.4. The molecule has 5 rings (SSSR count). The number of piperidine rings is 1. The molecule has 0 radical (unpaired) electrons. The van der Waals surface area contributed by atoms with Crippen LogP contribution in [0.2, 0.25) is 0 Å². The van der Waals surface area contributed by atoms with Crippen LogP contribution in [0.5, 0.6) is 11.5 Å². The Labute approximate surface area is 222 Å². The number of hydrogen-bond donors (Lipinski definition) is 1. The predicted molar refractivity (Wildman–Crippen MR) is 143 cm³/mol. The molecule has 2 aromatic heterocycles. The minimum atomic E-state index is -0.242. The molecular formula is C25H31Cl2FN4O2S. The van der Waals surface area contributed by atoms with E-state index in [0.29, 0.717) is 12.5 Å². The summed E-state index contributed by atoms with van der Waals surface area (Å²) in [5.74, 6) is 2.38. The van der Waals surface area contributed by atoms with E-state index in [0.717, 1.165) is 85.0 Å². The molecule has 2 aliphatic heterocycles. The first-order valence-corrected chi connectivity index (χ1v) is 12.5. The van der Waals surface area contributed by atoms with Crippen molar-refractivity contribution in [1.82, 2.24) is 20.2 Å². The van der Waals surface area contributed by atoms with E-state index >= 15 is 0 Å². The fourth-order valence-electron chi connectivity index (χ4n) is 4.55. The van der Waals surface area contributed by atoms with Crippen LogP contribution >= 0.6 is 36.6 Å². The van der Waals surface area contributed by atoms with E-state index in [9.17, 15) is 4.39 Å². The Morgan fingerprint density at radius 3 is 2.80 bits per heavy atom. The maximum absolute atomic E-state index is 14.6. The molecule has 4 heterocycles. The Bertz CT molecular complexity index is 1130. The molecule has 1 fully saturated rings. The SMILES string of the molecule is COc1ccc2ncc(F)c(CCN3CCC(NCc4cc5c(cn4)OCCS5)CC3)c2c1.Cl.Cl. The van der Waals surface area contributed by atoms with Gasteiger partial charge in [-0.15, -0.1) is 36.6 Å². The van der Waals surface area contributed by atoms with Gasteiger partial charge in [0.2, 0.25) is 0 Å². The van der Waals surface area contributed by atoms with Crippen molar-refractivity contribution in [3.63, 3.8) is 0 Å². The summed E-state index contributed by atoms with van der Waals surface area (Å²) in [6.07, 6.45) is 6.00. The minimum absolute atomic E-state index is 0. The average molecular weight is 542 g/mol. The first-order valence-electron chi connectivity index (χ1n) is 11.5. The molecule has 35 heavy (non-hydrogen) atoms. The number of likely N-dealkylation sites (tertiary alicyclic amines) is 1. The highest BCUT2D eigenvalue weighted by molar-refractivity contribution is 7.99. The molecule has 1 aromatic carbocycles. The van der Waals surface area contributed by atoms with Gasteiger partial charge in [-0.05, 0) is 56.6 Å². The summed E-state index contributed by atoms with van der Waals surface area (Å²) in [6.45, 7) is 4.38. The quantitative estimate of drug-likeness (QED) is 0.457. The van der Waals surface area contributed by atoms with E-state index in [4.69, 9.17) is 9.47 Å². The van der Waals surface area contributed by atoms with E-state index in [1.165, 1.54) is 11.1 Å². The summed E-state index contributed by atoms with van der Waals surface area (Å²) in [5, 5.41) is 4.50. The van der Waals surface area contributed by atoms with Gasteiger partial charge in [-0.2, -0.15) is 0 Å². The Morgan fingerprint density at radius 1 is 1.17 bits per heavy atom. The van der Waals surface area contributed by atoms with Gasteiger partial charge in [-0.3, -0.25) is 9.97 Å². The molecule has 0 atom stereocenters. The van der Waals surface area contributed by atoms with Crippen molar-refractivity contribution in [2.24, 2.45) is 0 Å². The molecule has 1 N–H and O–H groups in total. The number of nitrogens with zero attached hydrogens (tertiary/aromatic N) is 3. The number of methoxy groups -OCH3 is 1. The molecule has 0 unspecified atom stereocenters. The number of ether oxygens (including phenoxy) is 2. The van der Waals surface area contributed by atoms with Crippen LogP contribution in [0.3, 0.4) is 0 Å². The Balaban J connectivity index is 0.00000171. The van der Waals surface area contributed by atoms with Gasteiger partial charge in [0.1, 0.15) is 11.6 Å². The highest BCUT2D eigenvalue weighted by atomic mass is 35.5. The third-order valence-corrected chi connectivity index (χ3v) is 7.46. The number of pyridine rings is 2. The number of aromatic nitrogens is 2. The van der Waals surface area contributed by atoms with Crippen LogP contribution in [0, 0.1) is 5.82 Å². The maximum atomic E-state index is 14.6. The molecule has 190 valence electrons. The van der Waals surface area contributed by atoms with Crippen molar-refractivity contribution >= 4 is 47.5 Å². The maximum Gasteiger partial charge on any atom is 0.151 e. The summed E-state index contributed by atoms with van der Waals surface area (Å²) in [5.41, 5.74) is 2.58. The van der Waals surface area contributed by atoms with Crippen LogP contribution in [0.25, 0.3) is 10.9 Å². The second-order valence-corrected chi connectivity index (χ2v) is 9.67. The second kappa shape index (κ2) is 12.9. The van der Waals surface area contributed by atoms with Crippen LogP contribution in [0.4, 0.5) is 4.39 Å². The topological polar surface area (TPSA) is 59.5 Å². The second-order valence-electron chi connectivity index (χ2n) is 8.53. The lowest BCUT2D eigenvalue weighted by molar-refractivity contribution is 0.198. The fraction of sp³-hybridized carbons (Fsp3) is 0.440. The summed E-state index contributed by atoms with van der Waals surface area (Å²) in [7, 11) is 1.63. The highest BCUT2D eigenvalue weighted by Gasteiger charge is 2.20. The number of hydrogen-bond acceptors (Lipinski definition) is 7. The zero-order chi connectivity index (χ0) is 22.6. The number of fused-ring (bicyclic) bond motifs is 2. The minimum Gasteiger partial charge on any atom is -0.497 e. The van der Waals surface area contributed by atoms with Crippen LogP contribution in [-0.2, 0) is 13.0 Å². The molecule has 0 saturated carbocycles. The molecule has 10 heteroatoms. The zero-order valence-electron chi connectivity index (χ0n) is 19.7. The van der Waals surface area contributed by atoms with Crippen molar-refractivity contribution in [1.29, 1.82) is 0 Å². The van der Waals surface area contributed by atoms with Gasteiger partial charge < -0.3 is 19.7 Å². The molecule has 3 aromatic rings. The van der Waals surface area contributed by atoms with Crippen LogP contribution < -0.4 is 14.8 Å². The molecule has 1 saturated heterocycles. The van der Waals surface area contributed by atoms with E-state index in [-0.39, 0.29) is 30.6 Å². The number of halogens is 3. The van der Waals surface area contributed by atoms with E-state index in [1.807, 2.05) is 36.2 Å². The fourth-order valence-corrected chi connectivity index (χ4v) is 5.41. The lowest BCUT2D eigenvalue weighted by Crippen LogP contribution is -2.43. The van der Waals surface area contributed by atoms with Crippen molar-refractivity contribution in [3.05, 3.63) is 53.7 Å². The van der Waals surface area contributed by atoms with Crippen LogP contribution in [0.1, 0.15) is 24.1 Å². The Morgan fingerprint density at radius 2 is 2.00 bits per heavy atom. The third-order valence-electron chi connectivity index (χ3n) is 6.46. The zero-order valence-corrected chi connectivity index (χ0v) is 22.1. The first-order chi connectivity index (χ1) is 16.2. The van der Waals surface area contributed by atoms with E-state index in [2.05, 4.69) is 26.3 Å². The van der Waals surface area contributed by atoms with Crippen molar-refractivity contribution < 1.29 is 13.9 Å². The van der Waals surface area contributed by atoms with Crippen molar-refractivity contribution in [3.8, 4) is 11.5 Å². The Hall–Kier alpha value is -1.84. The monoisotopic (exact) mass is 540 g/mol. The number of nitrogens with one attached hydrogen (secondary N) is 1. The number of benzene rings is 1. The van der Waals surface area contributed by atoms with Gasteiger partial charge >= 0.3 is 0 Å². The molecule has 0 amide bonds. The lowest BCUT2D eigenvalue weighted by Gasteiger charge is -2.32. The van der Waals surface area contributed by atoms with Gasteiger partial charge in [0.15, 0.2) is 5.75 Å². The largest absolute Gasteiger partial charge is 0.497 e. The predicted octanol–water partition coefficient (Wildman–Crippen LogP) is 4.90. The molecular weight excluding hydrogens is 510 g/mol. The smallest absolute Gasteiger partial charge is 0.151 e. The first kappa shape index (κ1) is 27.7. The summed E-state index contributed by atoms with van der Waals surface area (Å²) < 4.78 is 25.6. The average Bonchev–Trinajstić information content (AvgIpc) is 2.87.